The number of phenolic OH excluding ortho intramolecular Hbond substituents is 1. The number of phenols is 1. The maximum Gasteiger partial charge on any atom is 0.178 e. The summed E-state index contributed by atoms with van der Waals surface area (Å²) in [6, 6.07) is 4.98. The number of nitrogens with zero attached hydrogens (tertiary/aromatic N) is 2. The predicted octanol–water partition coefficient (Wildman–Crippen LogP) is 3.17. The molecule has 0 aliphatic carbocycles. The van der Waals surface area contributed by atoms with Gasteiger partial charge in [0.15, 0.2) is 3.01 Å². The quantitative estimate of drug-likeness (QED) is 0.813. The van der Waals surface area contributed by atoms with Crippen LogP contribution in [0.4, 0.5) is 0 Å². The molecule has 0 amide bonds. The van der Waals surface area contributed by atoms with Crippen molar-refractivity contribution in [2.24, 2.45) is 0 Å². The maximum absolute atomic E-state index is 9.23. The van der Waals surface area contributed by atoms with E-state index < -0.39 is 0 Å². The largest absolute Gasteiger partial charge is 0.506 e. The van der Waals surface area contributed by atoms with Gasteiger partial charge in [0.2, 0.25) is 0 Å². The number of benzene rings is 1. The molecule has 2 aromatic rings. The lowest BCUT2D eigenvalue weighted by atomic mass is 10.2. The Labute approximate surface area is 103 Å². The lowest BCUT2D eigenvalue weighted by Crippen LogP contribution is -1.77. The fourth-order valence-corrected chi connectivity index (χ4v) is 2.44. The molecule has 6 heteroatoms. The van der Waals surface area contributed by atoms with Crippen LogP contribution in [-0.4, -0.2) is 15.3 Å². The van der Waals surface area contributed by atoms with E-state index in [2.05, 4.69) is 32.8 Å². The van der Waals surface area contributed by atoms with Gasteiger partial charge in [0.25, 0.3) is 0 Å². The standard InChI is InChI=1S/C8H4ClIN2OS/c9-5-3-4(1-2-6(5)13)7-11-12-8(10)14-7/h1-3,13H. The van der Waals surface area contributed by atoms with Crippen molar-refractivity contribution in [2.45, 2.75) is 0 Å². The van der Waals surface area contributed by atoms with Crippen LogP contribution in [0.1, 0.15) is 0 Å². The predicted molar refractivity (Wildman–Crippen MR) is 64.7 cm³/mol. The van der Waals surface area contributed by atoms with E-state index in [1.165, 1.54) is 11.3 Å². The molecule has 0 atom stereocenters. The van der Waals surface area contributed by atoms with Crippen molar-refractivity contribution in [2.75, 3.05) is 0 Å². The Balaban J connectivity index is 2.47. The lowest BCUT2D eigenvalue weighted by molar-refractivity contribution is 0.475. The van der Waals surface area contributed by atoms with E-state index in [0.717, 1.165) is 13.6 Å². The molecule has 1 aromatic heterocycles. The summed E-state index contributed by atoms with van der Waals surface area (Å²) < 4.78 is 0.877. The summed E-state index contributed by atoms with van der Waals surface area (Å²) in [7, 11) is 0. The molecule has 0 spiro atoms. The Kier molecular flexibility index (Phi) is 2.89. The molecule has 0 aliphatic rings. The highest BCUT2D eigenvalue weighted by Gasteiger charge is 2.06. The third-order valence-corrected chi connectivity index (χ3v) is 3.53. The Hall–Kier alpha value is -0.400. The van der Waals surface area contributed by atoms with Gasteiger partial charge < -0.3 is 5.11 Å². The summed E-state index contributed by atoms with van der Waals surface area (Å²) in [4.78, 5) is 0. The number of halogens is 2. The van der Waals surface area contributed by atoms with Gasteiger partial charge >= 0.3 is 0 Å². The Bertz CT molecular complexity index is 474. The van der Waals surface area contributed by atoms with Crippen LogP contribution in [0.3, 0.4) is 0 Å². The van der Waals surface area contributed by atoms with Crippen LogP contribution in [0, 0.1) is 3.01 Å². The van der Waals surface area contributed by atoms with Gasteiger partial charge in [-0.3, -0.25) is 0 Å². The third-order valence-electron chi connectivity index (χ3n) is 1.59. The van der Waals surface area contributed by atoms with Gasteiger partial charge in [-0.1, -0.05) is 22.9 Å². The highest BCUT2D eigenvalue weighted by Crippen LogP contribution is 2.30. The molecule has 0 saturated heterocycles. The first-order chi connectivity index (χ1) is 6.66. The fourth-order valence-electron chi connectivity index (χ4n) is 0.962. The van der Waals surface area contributed by atoms with Crippen LogP contribution < -0.4 is 0 Å². The average molecular weight is 339 g/mol. The third kappa shape index (κ3) is 1.99. The monoisotopic (exact) mass is 338 g/mol. The molecule has 14 heavy (non-hydrogen) atoms. The first-order valence-corrected chi connectivity index (χ1v) is 5.92. The number of aromatic hydroxyl groups is 1. The van der Waals surface area contributed by atoms with Gasteiger partial charge in [-0.25, -0.2) is 0 Å². The van der Waals surface area contributed by atoms with Crippen molar-refractivity contribution in [1.29, 1.82) is 0 Å². The van der Waals surface area contributed by atoms with Gasteiger partial charge in [-0.15, -0.1) is 10.2 Å². The molecule has 0 bridgehead atoms. The molecular formula is C8H4ClIN2OS. The Morgan fingerprint density at radius 2 is 2.14 bits per heavy atom. The van der Waals surface area contributed by atoms with Crippen molar-refractivity contribution >= 4 is 45.5 Å². The summed E-state index contributed by atoms with van der Waals surface area (Å²) >= 11 is 9.36. The normalized spacial score (nSPS) is 10.4. The number of aromatic nitrogens is 2. The molecule has 2 rings (SSSR count). The highest BCUT2D eigenvalue weighted by molar-refractivity contribution is 14.1. The van der Waals surface area contributed by atoms with Crippen LogP contribution in [-0.2, 0) is 0 Å². The second kappa shape index (κ2) is 4.00. The minimum absolute atomic E-state index is 0.0784. The number of hydrogen-bond donors (Lipinski definition) is 1. The SMILES string of the molecule is Oc1ccc(-c2nnc(I)s2)cc1Cl. The summed E-state index contributed by atoms with van der Waals surface area (Å²) in [5, 5.41) is 18.2. The lowest BCUT2D eigenvalue weighted by Gasteiger charge is -1.98. The molecular weight excluding hydrogens is 335 g/mol. The molecule has 0 fully saturated rings. The van der Waals surface area contributed by atoms with Crippen molar-refractivity contribution in [1.82, 2.24) is 10.2 Å². The molecule has 1 aromatic carbocycles. The Morgan fingerprint density at radius 3 is 2.71 bits per heavy atom. The maximum atomic E-state index is 9.23. The first-order valence-electron chi connectivity index (χ1n) is 3.65. The summed E-state index contributed by atoms with van der Waals surface area (Å²) in [6.45, 7) is 0. The minimum atomic E-state index is 0.0784. The van der Waals surface area contributed by atoms with E-state index in [1.54, 1.807) is 18.2 Å². The van der Waals surface area contributed by atoms with Crippen LogP contribution in [0.2, 0.25) is 5.02 Å². The average Bonchev–Trinajstić information content (AvgIpc) is 2.57. The van der Waals surface area contributed by atoms with Gasteiger partial charge in [0.1, 0.15) is 10.8 Å². The van der Waals surface area contributed by atoms with Gasteiger partial charge in [-0.05, 0) is 40.8 Å². The zero-order chi connectivity index (χ0) is 10.1. The summed E-state index contributed by atoms with van der Waals surface area (Å²) in [5.74, 6) is 0.0784. The van der Waals surface area contributed by atoms with Crippen molar-refractivity contribution in [3.05, 3.63) is 26.2 Å². The van der Waals surface area contributed by atoms with E-state index in [0.29, 0.717) is 5.02 Å². The molecule has 72 valence electrons. The van der Waals surface area contributed by atoms with E-state index >= 15 is 0 Å². The second-order valence-electron chi connectivity index (χ2n) is 2.53. The molecule has 1 heterocycles. The van der Waals surface area contributed by atoms with Crippen molar-refractivity contribution in [3.8, 4) is 16.3 Å². The molecule has 0 radical (unpaired) electrons. The van der Waals surface area contributed by atoms with Crippen LogP contribution in [0.5, 0.6) is 5.75 Å². The second-order valence-corrected chi connectivity index (χ2v) is 5.66. The molecule has 0 aliphatic heterocycles. The summed E-state index contributed by atoms with van der Waals surface area (Å²) in [6.07, 6.45) is 0. The first kappa shape index (κ1) is 10.1. The number of hydrogen-bond acceptors (Lipinski definition) is 4. The number of rotatable bonds is 1. The highest BCUT2D eigenvalue weighted by atomic mass is 127. The van der Waals surface area contributed by atoms with E-state index in [4.69, 9.17) is 11.6 Å². The van der Waals surface area contributed by atoms with Crippen LogP contribution in [0.25, 0.3) is 10.6 Å². The van der Waals surface area contributed by atoms with Crippen LogP contribution in [0.15, 0.2) is 18.2 Å². The zero-order valence-corrected chi connectivity index (χ0v) is 10.5. The van der Waals surface area contributed by atoms with Crippen molar-refractivity contribution < 1.29 is 5.11 Å². The molecule has 0 saturated carbocycles. The van der Waals surface area contributed by atoms with Gasteiger partial charge in [0.05, 0.1) is 5.02 Å². The van der Waals surface area contributed by atoms with Crippen LogP contribution >= 0.6 is 45.5 Å². The van der Waals surface area contributed by atoms with Crippen molar-refractivity contribution in [3.63, 3.8) is 0 Å². The summed E-state index contributed by atoms with van der Waals surface area (Å²) in [5.41, 5.74) is 0.869. The minimum Gasteiger partial charge on any atom is -0.506 e. The Morgan fingerprint density at radius 1 is 1.36 bits per heavy atom. The molecule has 1 N–H and O–H groups in total. The van der Waals surface area contributed by atoms with E-state index in [-0.39, 0.29) is 5.75 Å². The molecule has 3 nitrogen and oxygen atoms in total. The van der Waals surface area contributed by atoms with Gasteiger partial charge in [0, 0.05) is 5.56 Å². The van der Waals surface area contributed by atoms with E-state index in [9.17, 15) is 5.11 Å². The topological polar surface area (TPSA) is 46.0 Å². The zero-order valence-electron chi connectivity index (χ0n) is 6.74. The van der Waals surface area contributed by atoms with Gasteiger partial charge in [-0.2, -0.15) is 0 Å². The fraction of sp³-hybridized carbons (Fsp3) is 0. The smallest absolute Gasteiger partial charge is 0.178 e. The molecule has 0 unspecified atom stereocenters. The van der Waals surface area contributed by atoms with E-state index in [1.807, 2.05) is 0 Å².